The molecule has 0 amide bonds. The Labute approximate surface area is 121 Å². The van der Waals surface area contributed by atoms with Crippen molar-refractivity contribution in [3.8, 4) is 12.0 Å². The van der Waals surface area contributed by atoms with Crippen molar-refractivity contribution in [3.63, 3.8) is 0 Å². The van der Waals surface area contributed by atoms with Crippen LogP contribution >= 0.6 is 0 Å². The standard InChI is InChI=1S/C18H33O/c1-3-4-5-6-7-8-9-10-11-12-13-14-15-16-17-18-19-2/h2-16H2,1H3. The first-order valence-corrected chi connectivity index (χ1v) is 8.30. The van der Waals surface area contributed by atoms with E-state index in [1.165, 1.54) is 83.5 Å². The van der Waals surface area contributed by atoms with Crippen LogP contribution in [0.1, 0.15) is 96.8 Å². The molecular weight excluding hydrogens is 232 g/mol. The minimum Gasteiger partial charge on any atom is -0.443 e. The Morgan fingerprint density at radius 2 is 1.11 bits per heavy atom. The van der Waals surface area contributed by atoms with E-state index in [0.717, 1.165) is 6.42 Å². The van der Waals surface area contributed by atoms with Crippen molar-refractivity contribution in [3.05, 3.63) is 7.11 Å². The molecule has 0 N–H and O–H groups in total. The third-order valence-electron chi connectivity index (χ3n) is 3.55. The van der Waals surface area contributed by atoms with Crippen molar-refractivity contribution in [2.75, 3.05) is 0 Å². The smallest absolute Gasteiger partial charge is 0.135 e. The highest BCUT2D eigenvalue weighted by molar-refractivity contribution is 4.90. The second kappa shape index (κ2) is 17.4. The topological polar surface area (TPSA) is 9.23 Å². The average molecular weight is 265 g/mol. The van der Waals surface area contributed by atoms with Crippen LogP contribution in [0.4, 0.5) is 0 Å². The summed E-state index contributed by atoms with van der Waals surface area (Å²) < 4.78 is 4.44. The van der Waals surface area contributed by atoms with Crippen LogP contribution in [0.3, 0.4) is 0 Å². The van der Waals surface area contributed by atoms with Gasteiger partial charge in [-0.3, -0.25) is 0 Å². The number of ether oxygens (including phenoxy) is 1. The van der Waals surface area contributed by atoms with Gasteiger partial charge in [-0.05, 0) is 6.42 Å². The van der Waals surface area contributed by atoms with Crippen LogP contribution in [-0.2, 0) is 4.74 Å². The molecule has 1 heteroatoms. The van der Waals surface area contributed by atoms with Crippen molar-refractivity contribution >= 4 is 0 Å². The first kappa shape index (κ1) is 18.4. The van der Waals surface area contributed by atoms with Crippen molar-refractivity contribution in [2.45, 2.75) is 96.8 Å². The molecule has 0 aromatic carbocycles. The third-order valence-corrected chi connectivity index (χ3v) is 3.55. The maximum atomic E-state index is 4.44. The van der Waals surface area contributed by atoms with Gasteiger partial charge in [0.1, 0.15) is 13.2 Å². The first-order chi connectivity index (χ1) is 9.41. The Morgan fingerprint density at radius 1 is 0.684 bits per heavy atom. The molecule has 0 aliphatic carbocycles. The highest BCUT2D eigenvalue weighted by Crippen LogP contribution is 2.12. The lowest BCUT2D eigenvalue weighted by atomic mass is 10.0. The lowest BCUT2D eigenvalue weighted by Gasteiger charge is -2.02. The molecule has 111 valence electrons. The molecule has 0 spiro atoms. The maximum absolute atomic E-state index is 4.44. The summed E-state index contributed by atoms with van der Waals surface area (Å²) >= 11 is 0. The Bertz CT molecular complexity index is 211. The fourth-order valence-corrected chi connectivity index (χ4v) is 2.33. The highest BCUT2D eigenvalue weighted by atomic mass is 16.5. The van der Waals surface area contributed by atoms with Crippen LogP contribution in [0.2, 0.25) is 0 Å². The second-order valence-electron chi connectivity index (χ2n) is 5.42. The summed E-state index contributed by atoms with van der Waals surface area (Å²) in [5, 5.41) is 0. The molecule has 0 atom stereocenters. The number of hydrogen-bond acceptors (Lipinski definition) is 1. The average Bonchev–Trinajstić information content (AvgIpc) is 2.43. The van der Waals surface area contributed by atoms with Crippen LogP contribution < -0.4 is 0 Å². The zero-order valence-electron chi connectivity index (χ0n) is 13.0. The van der Waals surface area contributed by atoms with E-state index in [1.807, 2.05) is 0 Å². The van der Waals surface area contributed by atoms with Crippen LogP contribution in [0.15, 0.2) is 0 Å². The van der Waals surface area contributed by atoms with E-state index in [1.54, 1.807) is 0 Å². The minimum absolute atomic E-state index is 0.952. The van der Waals surface area contributed by atoms with Crippen molar-refractivity contribution < 1.29 is 4.74 Å². The van der Waals surface area contributed by atoms with Crippen LogP contribution in [0, 0.1) is 19.1 Å². The summed E-state index contributed by atoms with van der Waals surface area (Å²) in [6.07, 6.45) is 21.6. The van der Waals surface area contributed by atoms with Gasteiger partial charge in [-0.15, -0.1) is 0 Å². The van der Waals surface area contributed by atoms with Gasteiger partial charge in [0.05, 0.1) is 0 Å². The quantitative estimate of drug-likeness (QED) is 0.283. The predicted molar refractivity (Wildman–Crippen MR) is 84.5 cm³/mol. The Hall–Kier alpha value is -0.640. The molecule has 0 aromatic heterocycles. The molecule has 0 heterocycles. The van der Waals surface area contributed by atoms with Crippen LogP contribution in [-0.4, -0.2) is 0 Å². The summed E-state index contributed by atoms with van der Waals surface area (Å²) in [7, 11) is 3.22. The summed E-state index contributed by atoms with van der Waals surface area (Å²) in [4.78, 5) is 0. The summed E-state index contributed by atoms with van der Waals surface area (Å²) in [6.45, 7) is 2.28. The second-order valence-corrected chi connectivity index (χ2v) is 5.42. The maximum Gasteiger partial charge on any atom is 0.135 e. The molecule has 0 rings (SSSR count). The van der Waals surface area contributed by atoms with Gasteiger partial charge < -0.3 is 4.74 Å². The Kier molecular flexibility index (Phi) is 16.8. The monoisotopic (exact) mass is 265 g/mol. The van der Waals surface area contributed by atoms with E-state index in [9.17, 15) is 0 Å². The fraction of sp³-hybridized carbons (Fsp3) is 0.833. The molecule has 0 fully saturated rings. The van der Waals surface area contributed by atoms with E-state index in [-0.39, 0.29) is 0 Å². The lowest BCUT2D eigenvalue weighted by molar-refractivity contribution is 0.430. The van der Waals surface area contributed by atoms with E-state index in [2.05, 4.69) is 30.8 Å². The van der Waals surface area contributed by atoms with Gasteiger partial charge in [0.2, 0.25) is 0 Å². The number of hydrogen-bond donors (Lipinski definition) is 0. The molecule has 0 unspecified atom stereocenters. The zero-order valence-corrected chi connectivity index (χ0v) is 13.0. The SMILES string of the molecule is [CH2]OC#CCCCCCCCCCCCCCCC. The van der Waals surface area contributed by atoms with Crippen molar-refractivity contribution in [1.29, 1.82) is 0 Å². The van der Waals surface area contributed by atoms with Gasteiger partial charge in [0.15, 0.2) is 0 Å². The van der Waals surface area contributed by atoms with Crippen LogP contribution in [0.25, 0.3) is 0 Å². The molecule has 0 bridgehead atoms. The molecule has 0 aromatic rings. The lowest BCUT2D eigenvalue weighted by Crippen LogP contribution is -1.82. The third kappa shape index (κ3) is 17.4. The first-order valence-electron chi connectivity index (χ1n) is 8.30. The van der Waals surface area contributed by atoms with E-state index < -0.39 is 0 Å². The van der Waals surface area contributed by atoms with Gasteiger partial charge in [-0.2, -0.15) is 0 Å². The van der Waals surface area contributed by atoms with Gasteiger partial charge >= 0.3 is 0 Å². The number of rotatable bonds is 13. The van der Waals surface area contributed by atoms with Gasteiger partial charge in [0.25, 0.3) is 0 Å². The highest BCUT2D eigenvalue weighted by Gasteiger charge is 1.93. The Morgan fingerprint density at radius 3 is 1.53 bits per heavy atom. The van der Waals surface area contributed by atoms with E-state index in [4.69, 9.17) is 0 Å². The summed E-state index contributed by atoms with van der Waals surface area (Å²) in [5.74, 6) is 2.94. The largest absolute Gasteiger partial charge is 0.443 e. The molecule has 0 saturated heterocycles. The van der Waals surface area contributed by atoms with Crippen molar-refractivity contribution in [2.24, 2.45) is 0 Å². The molecule has 19 heavy (non-hydrogen) atoms. The van der Waals surface area contributed by atoms with Crippen molar-refractivity contribution in [1.82, 2.24) is 0 Å². The zero-order chi connectivity index (χ0) is 14.0. The van der Waals surface area contributed by atoms with Crippen LogP contribution in [0.5, 0.6) is 0 Å². The molecule has 1 nitrogen and oxygen atoms in total. The van der Waals surface area contributed by atoms with E-state index >= 15 is 0 Å². The number of unbranched alkanes of at least 4 members (excludes halogenated alkanes) is 13. The minimum atomic E-state index is 0.952. The van der Waals surface area contributed by atoms with Gasteiger partial charge in [-0.25, -0.2) is 0 Å². The fourth-order valence-electron chi connectivity index (χ4n) is 2.33. The van der Waals surface area contributed by atoms with E-state index in [0.29, 0.717) is 0 Å². The normalized spacial score (nSPS) is 10.0. The molecule has 1 radical (unpaired) electrons. The Balaban J connectivity index is 2.95. The summed E-state index contributed by atoms with van der Waals surface area (Å²) in [6, 6.07) is 0. The molecular formula is C18H33O. The molecule has 0 aliphatic rings. The molecule has 0 saturated carbocycles. The van der Waals surface area contributed by atoms with Gasteiger partial charge in [0, 0.05) is 6.42 Å². The van der Waals surface area contributed by atoms with Gasteiger partial charge in [-0.1, -0.05) is 89.9 Å². The molecule has 0 aliphatic heterocycles. The summed E-state index contributed by atoms with van der Waals surface area (Å²) in [5.41, 5.74) is 0. The predicted octanol–water partition coefficient (Wildman–Crippen LogP) is 6.24.